The molecule has 494 valence electrons. The van der Waals surface area contributed by atoms with E-state index in [0.717, 1.165) is 128 Å². The molecule has 1 aliphatic rings. The fraction of sp³-hybridized carbons (Fsp3) is 0.727. The number of carbonyl (C=O) groups excluding carboxylic acids is 1. The first kappa shape index (κ1) is 80.6. The maximum atomic E-state index is 13.2. The van der Waals surface area contributed by atoms with Crippen LogP contribution in [-0.2, 0) is 14.3 Å². The number of nitrogens with one attached hydrogen (secondary N) is 1. The van der Waals surface area contributed by atoms with E-state index in [9.17, 15) is 30.3 Å². The quantitative estimate of drug-likeness (QED) is 0.0261. The standard InChI is InChI=1S/C77H133NO8/c1-3-5-7-9-11-13-15-17-19-21-23-25-27-29-31-32-33-34-35-36-37-38-39-40-41-43-45-47-49-51-53-55-57-59-61-63-65-67-73(81)78-70(69-85-77-76(84)75(83)74(82)72(68-79)86-77)71(80)66-64-62-60-58-56-54-52-50-48-46-44-42-30-28-26-24-22-20-18-16-14-12-10-8-6-4-2/h5,7,11,13,17,19,23,25,29,31,33-34,36-37,39-40,43,45,49,51,70-72,74-77,79-80,82-84H,3-4,6,8-10,12,14-16,18,20-22,24,26-28,30,32,35,38,41-42,44,46-48,50,52-69H2,1-2H3,(H,78,81)/b7-5-,13-11-,19-17-,25-23-,31-29-,34-33-,37-36-,40-39-,45-43-,51-49-. The minimum absolute atomic E-state index is 0.150. The zero-order chi connectivity index (χ0) is 62.1. The number of ether oxygens (including phenoxy) is 2. The summed E-state index contributed by atoms with van der Waals surface area (Å²) in [4.78, 5) is 13.2. The van der Waals surface area contributed by atoms with E-state index >= 15 is 0 Å². The maximum Gasteiger partial charge on any atom is 0.220 e. The molecule has 7 unspecified atom stereocenters. The van der Waals surface area contributed by atoms with Crippen LogP contribution in [-0.4, -0.2) is 87.5 Å². The molecule has 0 spiro atoms. The maximum absolute atomic E-state index is 13.2. The van der Waals surface area contributed by atoms with E-state index < -0.39 is 49.5 Å². The van der Waals surface area contributed by atoms with Crippen LogP contribution in [0.3, 0.4) is 0 Å². The molecule has 7 atom stereocenters. The van der Waals surface area contributed by atoms with E-state index in [1.165, 1.54) is 148 Å². The van der Waals surface area contributed by atoms with Gasteiger partial charge < -0.3 is 40.3 Å². The van der Waals surface area contributed by atoms with E-state index in [1.54, 1.807) is 0 Å². The van der Waals surface area contributed by atoms with Gasteiger partial charge in [0.25, 0.3) is 0 Å². The smallest absolute Gasteiger partial charge is 0.220 e. The lowest BCUT2D eigenvalue weighted by Gasteiger charge is -2.40. The summed E-state index contributed by atoms with van der Waals surface area (Å²) < 4.78 is 11.4. The molecular weight excluding hydrogens is 1070 g/mol. The number of hydrogen-bond donors (Lipinski definition) is 6. The molecule has 1 aliphatic heterocycles. The first-order chi connectivity index (χ1) is 42.3. The molecule has 0 aliphatic carbocycles. The average molecular weight is 1200 g/mol. The molecule has 0 bridgehead atoms. The van der Waals surface area contributed by atoms with Crippen molar-refractivity contribution in [2.75, 3.05) is 13.2 Å². The molecule has 1 saturated heterocycles. The van der Waals surface area contributed by atoms with Gasteiger partial charge in [0, 0.05) is 6.42 Å². The number of rotatable bonds is 61. The van der Waals surface area contributed by atoms with Gasteiger partial charge in [-0.3, -0.25) is 4.79 Å². The fourth-order valence-electron chi connectivity index (χ4n) is 10.8. The lowest BCUT2D eigenvalue weighted by molar-refractivity contribution is -0.302. The van der Waals surface area contributed by atoms with E-state index in [1.807, 2.05) is 0 Å². The molecule has 9 nitrogen and oxygen atoms in total. The van der Waals surface area contributed by atoms with Gasteiger partial charge in [0.05, 0.1) is 25.4 Å². The second-order valence-corrected chi connectivity index (χ2v) is 24.3. The third kappa shape index (κ3) is 52.5. The molecule has 0 aromatic rings. The number of allylic oxidation sites excluding steroid dienone is 20. The van der Waals surface area contributed by atoms with E-state index in [0.29, 0.717) is 12.8 Å². The van der Waals surface area contributed by atoms with Crippen LogP contribution in [0, 0.1) is 0 Å². The second kappa shape index (κ2) is 64.6. The van der Waals surface area contributed by atoms with Crippen molar-refractivity contribution in [2.24, 2.45) is 0 Å². The second-order valence-electron chi connectivity index (χ2n) is 24.3. The number of hydrogen-bond acceptors (Lipinski definition) is 8. The van der Waals surface area contributed by atoms with Crippen molar-refractivity contribution < 1.29 is 39.8 Å². The summed E-state index contributed by atoms with van der Waals surface area (Å²) in [7, 11) is 0. The van der Waals surface area contributed by atoms with Crippen LogP contribution in [0.25, 0.3) is 0 Å². The number of aliphatic hydroxyl groups excluding tert-OH is 5. The van der Waals surface area contributed by atoms with Gasteiger partial charge in [-0.1, -0.05) is 328 Å². The van der Waals surface area contributed by atoms with Crippen molar-refractivity contribution in [1.29, 1.82) is 0 Å². The Morgan fingerprint density at radius 3 is 1.07 bits per heavy atom. The predicted octanol–water partition coefficient (Wildman–Crippen LogP) is 19.8. The summed E-state index contributed by atoms with van der Waals surface area (Å²) in [6, 6.07) is -0.738. The Bertz CT molecular complexity index is 1780. The number of carbonyl (C=O) groups is 1. The van der Waals surface area contributed by atoms with Crippen LogP contribution in [0.15, 0.2) is 122 Å². The van der Waals surface area contributed by atoms with Crippen molar-refractivity contribution >= 4 is 5.91 Å². The van der Waals surface area contributed by atoms with E-state index in [4.69, 9.17) is 9.47 Å². The number of unbranched alkanes of at least 4 members (excludes halogenated alkanes) is 31. The van der Waals surface area contributed by atoms with Crippen LogP contribution < -0.4 is 5.32 Å². The zero-order valence-corrected chi connectivity index (χ0v) is 55.3. The lowest BCUT2D eigenvalue weighted by Crippen LogP contribution is -2.60. The zero-order valence-electron chi connectivity index (χ0n) is 55.3. The molecule has 1 rings (SSSR count). The topological polar surface area (TPSA) is 149 Å². The van der Waals surface area contributed by atoms with Crippen LogP contribution >= 0.6 is 0 Å². The van der Waals surface area contributed by atoms with Crippen molar-refractivity contribution in [3.63, 3.8) is 0 Å². The molecule has 6 N–H and O–H groups in total. The van der Waals surface area contributed by atoms with Crippen molar-refractivity contribution in [2.45, 2.75) is 346 Å². The van der Waals surface area contributed by atoms with Gasteiger partial charge in [0.15, 0.2) is 6.29 Å². The average Bonchev–Trinajstić information content (AvgIpc) is 2.44. The highest BCUT2D eigenvalue weighted by atomic mass is 16.7. The van der Waals surface area contributed by atoms with Gasteiger partial charge in [0.1, 0.15) is 24.4 Å². The summed E-state index contributed by atoms with van der Waals surface area (Å²) >= 11 is 0. The summed E-state index contributed by atoms with van der Waals surface area (Å²) in [6.07, 6.45) is 89.7. The highest BCUT2D eigenvalue weighted by Crippen LogP contribution is 2.23. The number of amides is 1. The molecular formula is C77H133NO8. The Labute approximate surface area is 528 Å². The van der Waals surface area contributed by atoms with Gasteiger partial charge in [0.2, 0.25) is 5.91 Å². The molecule has 0 radical (unpaired) electrons. The van der Waals surface area contributed by atoms with Crippen LogP contribution in [0.2, 0.25) is 0 Å². The first-order valence-corrected chi connectivity index (χ1v) is 35.7. The molecule has 0 aromatic carbocycles. The van der Waals surface area contributed by atoms with Crippen molar-refractivity contribution in [3.05, 3.63) is 122 Å². The molecule has 0 aromatic heterocycles. The normalized spacial score (nSPS) is 18.8. The van der Waals surface area contributed by atoms with Crippen molar-refractivity contribution in [3.8, 4) is 0 Å². The SMILES string of the molecule is CC/C=C\C/C=C\C/C=C\C/C=C\C/C=C\C/C=C\C/C=C\C/C=C\C/C=C\C/C=C\CCCCCCCCC(=O)NC(COC1OC(CO)C(O)C(O)C1O)C(O)CCCCCCCCCCCCCCCCCCCCCCCCCCCC. The summed E-state index contributed by atoms with van der Waals surface area (Å²) in [5, 5.41) is 55.0. The Morgan fingerprint density at radius 2 is 0.721 bits per heavy atom. The monoisotopic (exact) mass is 1200 g/mol. The molecule has 1 fully saturated rings. The largest absolute Gasteiger partial charge is 0.394 e. The van der Waals surface area contributed by atoms with Crippen LogP contribution in [0.4, 0.5) is 0 Å². The molecule has 9 heteroatoms. The Morgan fingerprint density at radius 1 is 0.407 bits per heavy atom. The minimum Gasteiger partial charge on any atom is -0.394 e. The van der Waals surface area contributed by atoms with Crippen LogP contribution in [0.1, 0.15) is 303 Å². The van der Waals surface area contributed by atoms with Gasteiger partial charge in [-0.25, -0.2) is 0 Å². The molecule has 1 heterocycles. The van der Waals surface area contributed by atoms with E-state index in [2.05, 4.69) is 141 Å². The third-order valence-corrected chi connectivity index (χ3v) is 16.3. The van der Waals surface area contributed by atoms with Crippen LogP contribution in [0.5, 0.6) is 0 Å². The Kier molecular flexibility index (Phi) is 60.5. The summed E-state index contributed by atoms with van der Waals surface area (Å²) in [5.41, 5.74) is 0. The van der Waals surface area contributed by atoms with Gasteiger partial charge in [-0.15, -0.1) is 0 Å². The lowest BCUT2D eigenvalue weighted by atomic mass is 9.99. The predicted molar refractivity (Wildman–Crippen MR) is 368 cm³/mol. The highest BCUT2D eigenvalue weighted by Gasteiger charge is 2.44. The first-order valence-electron chi connectivity index (χ1n) is 35.7. The number of aliphatic hydroxyl groups is 5. The molecule has 0 saturated carbocycles. The van der Waals surface area contributed by atoms with Crippen molar-refractivity contribution in [1.82, 2.24) is 5.32 Å². The molecule has 86 heavy (non-hydrogen) atoms. The summed E-state index contributed by atoms with van der Waals surface area (Å²) in [5.74, 6) is -0.160. The Balaban J connectivity index is 2.16. The van der Waals surface area contributed by atoms with E-state index in [-0.39, 0.29) is 12.5 Å². The van der Waals surface area contributed by atoms with Gasteiger partial charge >= 0.3 is 0 Å². The van der Waals surface area contributed by atoms with Gasteiger partial charge in [-0.2, -0.15) is 0 Å². The van der Waals surface area contributed by atoms with Gasteiger partial charge in [-0.05, 0) is 89.9 Å². The fourth-order valence-corrected chi connectivity index (χ4v) is 10.8. The minimum atomic E-state index is -1.56. The highest BCUT2D eigenvalue weighted by molar-refractivity contribution is 5.76. The Hall–Kier alpha value is -3.41. The summed E-state index contributed by atoms with van der Waals surface area (Å²) in [6.45, 7) is 3.74. The molecule has 1 amide bonds. The third-order valence-electron chi connectivity index (χ3n) is 16.3.